The summed E-state index contributed by atoms with van der Waals surface area (Å²) in [5.74, 6) is -13.5. The van der Waals surface area contributed by atoms with Crippen molar-refractivity contribution in [1.82, 2.24) is 108 Å². The molecule has 9 atom stereocenters. The van der Waals surface area contributed by atoms with Crippen LogP contribution in [0.2, 0.25) is 0 Å². The van der Waals surface area contributed by atoms with Crippen molar-refractivity contribution >= 4 is 133 Å². The molecule has 1 unspecified atom stereocenters. The van der Waals surface area contributed by atoms with E-state index in [1.807, 2.05) is 42.5 Å². The highest BCUT2D eigenvalue weighted by Gasteiger charge is 2.41. The Morgan fingerprint density at radius 2 is 0.881 bits per heavy atom. The monoisotopic (exact) mass is 1970 g/mol. The lowest BCUT2D eigenvalue weighted by Crippen LogP contribution is -2.61. The van der Waals surface area contributed by atoms with Crippen LogP contribution in [-0.4, -0.2) is 344 Å². The zero-order valence-corrected chi connectivity index (χ0v) is 79.2. The molecule has 2 aliphatic heterocycles. The molecule has 11 rings (SSSR count). The molecule has 2 saturated heterocycles. The molecule has 11 amide bonds. The number of aliphatic hydroxyl groups is 1. The molecule has 762 valence electrons. The van der Waals surface area contributed by atoms with Gasteiger partial charge >= 0.3 is 17.9 Å². The average molecular weight is 1970 g/mol. The number of fused-ring (bicyclic) bond motifs is 3. The van der Waals surface area contributed by atoms with Gasteiger partial charge in [0.05, 0.1) is 45.7 Å². The Balaban J connectivity index is 0.805. The summed E-state index contributed by atoms with van der Waals surface area (Å²) >= 11 is 0. The number of guanidine groups is 2. The number of rotatable bonds is 51. The van der Waals surface area contributed by atoms with Gasteiger partial charge in [-0.3, -0.25) is 102 Å². The second-order valence-electron chi connectivity index (χ2n) is 35.1. The van der Waals surface area contributed by atoms with E-state index in [1.54, 1.807) is 135 Å². The number of nitrogens with one attached hydrogen (secondary N) is 17. The first kappa shape index (κ1) is 108. The highest BCUT2D eigenvalue weighted by atomic mass is 16.5. The lowest BCUT2D eigenvalue weighted by Gasteiger charge is -2.32. The molecule has 0 bridgehead atoms. The van der Waals surface area contributed by atoms with Crippen molar-refractivity contribution < 1.29 is 97.1 Å². The average Bonchev–Trinajstić information content (AvgIpc) is 1.72. The largest absolute Gasteiger partial charge is 0.480 e. The normalized spacial score (nSPS) is 15.7. The van der Waals surface area contributed by atoms with E-state index in [1.165, 1.54) is 24.3 Å². The summed E-state index contributed by atoms with van der Waals surface area (Å²) in [5.41, 5.74) is 15.7. The minimum Gasteiger partial charge on any atom is -0.480 e. The first-order valence-electron chi connectivity index (χ1n) is 47.2. The minimum absolute atomic E-state index is 0.000290. The second kappa shape index (κ2) is 54.3. The summed E-state index contributed by atoms with van der Waals surface area (Å²) in [4.78, 5) is 233. The summed E-state index contributed by atoms with van der Waals surface area (Å²) in [5, 5.41) is 91.6. The third kappa shape index (κ3) is 33.9. The number of H-pyrrole nitrogens is 3. The van der Waals surface area contributed by atoms with Crippen LogP contribution >= 0.6 is 0 Å². The number of carboxylic acids is 3. The summed E-state index contributed by atoms with van der Waals surface area (Å²) in [7, 11) is 0. The van der Waals surface area contributed by atoms with Gasteiger partial charge < -0.3 is 120 Å². The number of carbonyl (C=O) groups is 15. The van der Waals surface area contributed by atoms with E-state index in [4.69, 9.17) is 27.0 Å². The van der Waals surface area contributed by atoms with Crippen molar-refractivity contribution in [3.8, 4) is 0 Å². The molecule has 3 aromatic heterocycles. The Bertz CT molecular complexity index is 5890. The van der Waals surface area contributed by atoms with E-state index >= 15 is 24.0 Å². The first-order valence-corrected chi connectivity index (χ1v) is 47.2. The molecule has 0 spiro atoms. The molecule has 2 fully saturated rings. The van der Waals surface area contributed by atoms with Gasteiger partial charge in [0, 0.05) is 175 Å². The van der Waals surface area contributed by atoms with Crippen molar-refractivity contribution in [3.63, 3.8) is 0 Å². The lowest BCUT2D eigenvalue weighted by atomic mass is 9.98. The van der Waals surface area contributed by atoms with Crippen LogP contribution in [-0.2, 0) is 104 Å². The number of benzene rings is 6. The van der Waals surface area contributed by atoms with Crippen LogP contribution in [0.5, 0.6) is 0 Å². The van der Waals surface area contributed by atoms with Gasteiger partial charge in [0.15, 0.2) is 17.7 Å². The van der Waals surface area contributed by atoms with E-state index < -0.39 is 150 Å². The number of carbonyl (C=O) groups excluding carboxylic acids is 12. The van der Waals surface area contributed by atoms with Crippen LogP contribution < -0.4 is 75.3 Å². The molecule has 0 saturated carbocycles. The Morgan fingerprint density at radius 3 is 1.38 bits per heavy atom. The van der Waals surface area contributed by atoms with Crippen LogP contribution in [0.4, 0.5) is 0 Å². The molecule has 5 heterocycles. The fraction of sp³-hybridized carbons (Fsp3) is 0.408. The number of imidazole rings is 1. The summed E-state index contributed by atoms with van der Waals surface area (Å²) in [6.07, 6.45) is 5.04. The number of aromatic nitrogens is 4. The Hall–Kier alpha value is -15.6. The zero-order valence-electron chi connectivity index (χ0n) is 79.2. The molecule has 25 N–H and O–H groups in total. The Labute approximate surface area is 823 Å². The number of aliphatic hydroxyl groups excluding tert-OH is 1. The SMILES string of the molecule is CC(=O)NC(Cc1ccc2ccccc2c1)C(=O)N[C@@H](CCCNC(=N)N)C(=O)N[C@@H](Cc1c[nH]c2ccccc12)C(=O)N[C@@H](CO)C(=O)N[C@@H](Cc1cnc[nH]1)C(=O)N[C@H](CCCNC(=N)N)C(=O)N[C@@H](Cc1c[nH]c2ccccc12)C(=O)N[C@@H](Cc1ccc(C(=O)c2ccccc2)cc1)C(=O)N1CCC[C@H]1C(=O)NCOCCNC(=O)CN1CCN(CC(=O)O)CCN(CC(=O)O)CCN(CC(=O)O)CC1. The standard InChI is InChI=1S/C98H125N25O20/c1-60(125)111-76(46-62-27-28-63-14-5-6-17-66(63)44-62)90(136)112-74(22-11-31-105-97(99)100)88(134)115-78(48-68-51-108-73-21-10-8-19-71(68)73)92(138)118-81(57-124)94(140)116-79(49-69-52-103-58-109-69)93(139)113-75(23-12-32-106-98(101)102)89(135)114-77(47-67-50-107-72-20-9-7-18-70(67)72)91(137)117-80(45-61-25-29-65(30-26-61)87(133)64-15-3-2-4-16-64)96(142)123-34-13-24-82(123)95(141)110-59-143-43-33-104-83(126)53-119-35-37-120(54-84(127)128)39-41-122(56-86(131)132)42-40-121(38-36-119)55-85(129)130/h2-10,14-21,25-30,44,50-52,58,74-82,107-108,124H,11-13,22-24,31-43,45-49,53-57,59H2,1H3,(H,103,109)(H,104,126)(H,110,141)(H,111,125)(H,112,136)(H,113,139)(H,114,135)(H,115,134)(H,116,140)(H,117,137)(H,118,138)(H,127,128)(H,129,130)(H,131,132)(H4,99,100,105)(H4,101,102,106)/t74-,75+,76?,77-,78-,79-,80-,81-,82-/m0/s1. The van der Waals surface area contributed by atoms with Gasteiger partial charge in [0.2, 0.25) is 65.0 Å². The van der Waals surface area contributed by atoms with Gasteiger partial charge in [-0.05, 0) is 83.7 Å². The molecule has 9 aromatic rings. The van der Waals surface area contributed by atoms with Gasteiger partial charge in [-0.15, -0.1) is 0 Å². The van der Waals surface area contributed by atoms with E-state index in [-0.39, 0.29) is 200 Å². The molecule has 0 radical (unpaired) electrons. The van der Waals surface area contributed by atoms with Gasteiger partial charge in [0.1, 0.15) is 61.1 Å². The fourth-order valence-corrected chi connectivity index (χ4v) is 17.1. The molecule has 45 nitrogen and oxygen atoms in total. The maximum Gasteiger partial charge on any atom is 0.317 e. The van der Waals surface area contributed by atoms with Crippen molar-refractivity contribution in [1.29, 1.82) is 10.8 Å². The predicted molar refractivity (Wildman–Crippen MR) is 526 cm³/mol. The molecule has 45 heteroatoms. The summed E-state index contributed by atoms with van der Waals surface area (Å²) < 4.78 is 5.76. The first-order chi connectivity index (χ1) is 68.8. The molecule has 143 heavy (non-hydrogen) atoms. The van der Waals surface area contributed by atoms with E-state index in [9.17, 15) is 68.4 Å². The fourth-order valence-electron chi connectivity index (χ4n) is 17.1. The van der Waals surface area contributed by atoms with Gasteiger partial charge in [-0.2, -0.15) is 0 Å². The van der Waals surface area contributed by atoms with E-state index in [2.05, 4.69) is 83.7 Å². The van der Waals surface area contributed by atoms with Crippen LogP contribution in [0.25, 0.3) is 32.6 Å². The van der Waals surface area contributed by atoms with Crippen molar-refractivity contribution in [3.05, 3.63) is 210 Å². The third-order valence-corrected chi connectivity index (χ3v) is 24.5. The van der Waals surface area contributed by atoms with Gasteiger partial charge in [-0.25, -0.2) is 4.98 Å². The number of para-hydroxylation sites is 2. The number of ether oxygens (including phenoxy) is 1. The second-order valence-corrected chi connectivity index (χ2v) is 35.1. The maximum atomic E-state index is 15.8. The van der Waals surface area contributed by atoms with Crippen molar-refractivity contribution in [2.45, 2.75) is 132 Å². The van der Waals surface area contributed by atoms with Gasteiger partial charge in [-0.1, -0.05) is 133 Å². The van der Waals surface area contributed by atoms with E-state index in [0.29, 0.717) is 61.6 Å². The number of hydrogen-bond acceptors (Lipinski definition) is 24. The maximum absolute atomic E-state index is 15.8. The number of aliphatic carboxylic acids is 3. The number of ketones is 1. The molecular formula is C98H125N25O20. The number of hydrogen-bond donors (Lipinski definition) is 23. The van der Waals surface area contributed by atoms with Crippen LogP contribution in [0.15, 0.2) is 171 Å². The lowest BCUT2D eigenvalue weighted by molar-refractivity contribution is -0.142. The predicted octanol–water partition coefficient (Wildman–Crippen LogP) is -1.64. The smallest absolute Gasteiger partial charge is 0.317 e. The van der Waals surface area contributed by atoms with Gasteiger partial charge in [0.25, 0.3) is 0 Å². The van der Waals surface area contributed by atoms with Crippen LogP contribution in [0.1, 0.15) is 89.3 Å². The highest BCUT2D eigenvalue weighted by molar-refractivity contribution is 6.09. The van der Waals surface area contributed by atoms with E-state index in [0.717, 1.165) is 10.8 Å². The Morgan fingerprint density at radius 1 is 0.448 bits per heavy atom. The molecule has 2 aliphatic rings. The highest BCUT2D eigenvalue weighted by Crippen LogP contribution is 2.26. The quantitative estimate of drug-likeness (QED) is 0.00668. The number of nitrogens with two attached hydrogens (primary N) is 2. The number of likely N-dealkylation sites (tertiary alicyclic amines) is 1. The van der Waals surface area contributed by atoms with Crippen LogP contribution in [0, 0.1) is 10.8 Å². The van der Waals surface area contributed by atoms with Crippen LogP contribution in [0.3, 0.4) is 0 Å². The summed E-state index contributed by atoms with van der Waals surface area (Å²) in [6, 6.07) is 28.5. The molecular weight excluding hydrogens is 1850 g/mol. The molecule has 0 aliphatic carbocycles. The summed E-state index contributed by atoms with van der Waals surface area (Å²) in [6.45, 7) is -0.0742. The minimum atomic E-state index is -1.89. The van der Waals surface area contributed by atoms with Crippen molar-refractivity contribution in [2.75, 3.05) is 125 Å². The number of carboxylic acid groups (broad SMARTS) is 3. The molecule has 6 aromatic carbocycles. The topological polar surface area (TPSA) is 667 Å². The number of nitrogens with zero attached hydrogens (tertiary/aromatic N) is 6. The Kier molecular flexibility index (Phi) is 40.9. The van der Waals surface area contributed by atoms with Crippen molar-refractivity contribution in [2.24, 2.45) is 11.5 Å². The number of aromatic amines is 3. The number of amides is 11. The zero-order chi connectivity index (χ0) is 102. The third-order valence-electron chi connectivity index (χ3n) is 24.5.